The monoisotopic (exact) mass is 182 g/mol. The van der Waals surface area contributed by atoms with Crippen LogP contribution in [0.2, 0.25) is 0 Å². The van der Waals surface area contributed by atoms with E-state index >= 15 is 0 Å². The smallest absolute Gasteiger partial charge is 0.318 e. The number of rotatable bonds is 1. The van der Waals surface area contributed by atoms with Crippen LogP contribution in [0.5, 0.6) is 0 Å². The van der Waals surface area contributed by atoms with Crippen LogP contribution in [-0.2, 0) is 9.63 Å². The number of fused-ring (bicyclic) bond motifs is 1. The van der Waals surface area contributed by atoms with Gasteiger partial charge in [-0.2, -0.15) is 0 Å². The first-order valence-corrected chi connectivity index (χ1v) is 4.72. The molecule has 0 radical (unpaired) electrons. The first kappa shape index (κ1) is 8.69. The third-order valence-electron chi connectivity index (χ3n) is 2.67. The third-order valence-corrected chi connectivity index (χ3v) is 2.67. The molecule has 2 unspecified atom stereocenters. The van der Waals surface area contributed by atoms with Gasteiger partial charge in [-0.25, -0.2) is 4.79 Å². The summed E-state index contributed by atoms with van der Waals surface area (Å²) in [6.45, 7) is 5.11. The summed E-state index contributed by atoms with van der Waals surface area (Å²) >= 11 is 0. The van der Waals surface area contributed by atoms with Crippen LogP contribution in [0.3, 0.4) is 0 Å². The summed E-state index contributed by atoms with van der Waals surface area (Å²) < 4.78 is 0. The van der Waals surface area contributed by atoms with Crippen molar-refractivity contribution in [2.24, 2.45) is 17.0 Å². The van der Waals surface area contributed by atoms with Crippen molar-refractivity contribution in [2.75, 3.05) is 6.54 Å². The zero-order valence-electron chi connectivity index (χ0n) is 7.91. The molecule has 0 spiro atoms. The van der Waals surface area contributed by atoms with Crippen molar-refractivity contribution in [1.29, 1.82) is 0 Å². The Morgan fingerprint density at radius 1 is 1.62 bits per heavy atom. The van der Waals surface area contributed by atoms with E-state index in [-0.39, 0.29) is 17.9 Å². The van der Waals surface area contributed by atoms with Crippen LogP contribution >= 0.6 is 0 Å². The van der Waals surface area contributed by atoms with Gasteiger partial charge in [-0.15, -0.1) is 0 Å². The molecule has 1 saturated heterocycles. The molecule has 1 N–H and O–H groups in total. The Hall–Kier alpha value is -0.900. The molecular weight excluding hydrogens is 168 g/mol. The molecule has 0 aliphatic carbocycles. The lowest BCUT2D eigenvalue weighted by Gasteiger charge is -2.28. The van der Waals surface area contributed by atoms with E-state index in [1.807, 2.05) is 0 Å². The van der Waals surface area contributed by atoms with E-state index in [0.29, 0.717) is 5.92 Å². The lowest BCUT2D eigenvalue weighted by Crippen LogP contribution is -2.49. The average molecular weight is 182 g/mol. The minimum atomic E-state index is -0.179. The highest BCUT2D eigenvalue weighted by Crippen LogP contribution is 2.24. The third kappa shape index (κ3) is 1.35. The number of piperidine rings is 1. The van der Waals surface area contributed by atoms with Gasteiger partial charge in [0.05, 0.1) is 11.8 Å². The van der Waals surface area contributed by atoms with E-state index in [2.05, 4.69) is 29.2 Å². The zero-order chi connectivity index (χ0) is 9.42. The summed E-state index contributed by atoms with van der Waals surface area (Å²) in [5.74, 6) is 0.201. The predicted molar refractivity (Wildman–Crippen MR) is 48.3 cm³/mol. The fraction of sp³-hybridized carbons (Fsp3) is 0.778. The Kier molecular flexibility index (Phi) is 2.07. The lowest BCUT2D eigenvalue weighted by molar-refractivity contribution is -0.143. The molecular formula is C9H14N2O2. The maximum absolute atomic E-state index is 11.2. The Morgan fingerprint density at radius 3 is 3.08 bits per heavy atom. The fourth-order valence-electron chi connectivity index (χ4n) is 1.95. The Labute approximate surface area is 77.3 Å². The van der Waals surface area contributed by atoms with Crippen LogP contribution < -0.4 is 5.32 Å². The minimum Gasteiger partial charge on any atom is -0.318 e. The van der Waals surface area contributed by atoms with E-state index in [1.54, 1.807) is 0 Å². The molecule has 4 heteroatoms. The second-order valence-corrected chi connectivity index (χ2v) is 3.94. The molecule has 4 nitrogen and oxygen atoms in total. The fourth-order valence-corrected chi connectivity index (χ4v) is 1.95. The first-order chi connectivity index (χ1) is 6.20. The molecule has 72 valence electrons. The van der Waals surface area contributed by atoms with Gasteiger partial charge in [-0.1, -0.05) is 19.0 Å². The number of hydrogen-bond donors (Lipinski definition) is 1. The van der Waals surface area contributed by atoms with Crippen LogP contribution in [0.15, 0.2) is 5.16 Å². The summed E-state index contributed by atoms with van der Waals surface area (Å²) in [5, 5.41) is 7.19. The van der Waals surface area contributed by atoms with E-state index in [0.717, 1.165) is 18.7 Å². The Morgan fingerprint density at radius 2 is 2.38 bits per heavy atom. The van der Waals surface area contributed by atoms with Gasteiger partial charge in [0.2, 0.25) is 0 Å². The number of carbonyl (C=O) groups is 1. The predicted octanol–water partition coefficient (Wildman–Crippen LogP) is 0.533. The van der Waals surface area contributed by atoms with Crippen molar-refractivity contribution in [3.05, 3.63) is 0 Å². The van der Waals surface area contributed by atoms with Gasteiger partial charge in [-0.3, -0.25) is 0 Å². The maximum Gasteiger partial charge on any atom is 0.343 e. The van der Waals surface area contributed by atoms with Gasteiger partial charge < -0.3 is 10.2 Å². The summed E-state index contributed by atoms with van der Waals surface area (Å²) in [5.41, 5.74) is 0.895. The molecule has 2 aliphatic rings. The number of nitrogens with zero attached hydrogens (tertiary/aromatic N) is 1. The number of carbonyl (C=O) groups excluding carboxylic acids is 1. The van der Waals surface area contributed by atoms with Crippen molar-refractivity contribution >= 4 is 11.7 Å². The molecule has 0 aromatic heterocycles. The molecule has 2 heterocycles. The molecule has 0 bridgehead atoms. The van der Waals surface area contributed by atoms with Gasteiger partial charge in [0.1, 0.15) is 5.92 Å². The second-order valence-electron chi connectivity index (χ2n) is 3.94. The summed E-state index contributed by atoms with van der Waals surface area (Å²) in [6.07, 6.45) is 0.820. The largest absolute Gasteiger partial charge is 0.343 e. The number of hydrogen-bond acceptors (Lipinski definition) is 4. The van der Waals surface area contributed by atoms with Gasteiger partial charge in [0.15, 0.2) is 0 Å². The van der Waals surface area contributed by atoms with Crippen molar-refractivity contribution in [3.63, 3.8) is 0 Å². The zero-order valence-corrected chi connectivity index (χ0v) is 7.91. The second kappa shape index (κ2) is 3.10. The van der Waals surface area contributed by atoms with Crippen LogP contribution in [0, 0.1) is 11.8 Å². The molecule has 1 fully saturated rings. The highest BCUT2D eigenvalue weighted by Gasteiger charge is 2.40. The molecule has 2 aliphatic heterocycles. The number of oxime groups is 1. The normalized spacial score (nSPS) is 32.8. The lowest BCUT2D eigenvalue weighted by atomic mass is 9.85. The molecule has 0 aromatic carbocycles. The Balaban J connectivity index is 2.20. The van der Waals surface area contributed by atoms with Gasteiger partial charge >= 0.3 is 5.97 Å². The van der Waals surface area contributed by atoms with Gasteiger partial charge in [0.25, 0.3) is 0 Å². The summed E-state index contributed by atoms with van der Waals surface area (Å²) in [7, 11) is 0. The van der Waals surface area contributed by atoms with Gasteiger partial charge in [0, 0.05) is 0 Å². The van der Waals surface area contributed by atoms with Gasteiger partial charge in [-0.05, 0) is 18.9 Å². The molecule has 0 amide bonds. The van der Waals surface area contributed by atoms with Crippen molar-refractivity contribution in [3.8, 4) is 0 Å². The minimum absolute atomic E-state index is 0.0753. The number of nitrogens with one attached hydrogen (secondary N) is 1. The van der Waals surface area contributed by atoms with Crippen molar-refractivity contribution in [1.82, 2.24) is 5.32 Å². The maximum atomic E-state index is 11.2. The van der Waals surface area contributed by atoms with E-state index < -0.39 is 0 Å². The summed E-state index contributed by atoms with van der Waals surface area (Å²) in [4.78, 5) is 15.9. The molecule has 2 rings (SSSR count). The quantitative estimate of drug-likeness (QED) is 0.602. The highest BCUT2D eigenvalue weighted by molar-refractivity contribution is 6.08. The van der Waals surface area contributed by atoms with Crippen LogP contribution in [-0.4, -0.2) is 24.3 Å². The van der Waals surface area contributed by atoms with Crippen LogP contribution in [0.1, 0.15) is 20.3 Å². The first-order valence-electron chi connectivity index (χ1n) is 4.72. The van der Waals surface area contributed by atoms with Crippen molar-refractivity contribution in [2.45, 2.75) is 26.3 Å². The van der Waals surface area contributed by atoms with Crippen molar-refractivity contribution < 1.29 is 9.63 Å². The SMILES string of the molecule is CC(C)C1NCCC2C(=O)ON=C21. The van der Waals surface area contributed by atoms with E-state index in [1.165, 1.54) is 0 Å². The topological polar surface area (TPSA) is 50.7 Å². The van der Waals surface area contributed by atoms with Crippen LogP contribution in [0.25, 0.3) is 0 Å². The molecule has 13 heavy (non-hydrogen) atoms. The average Bonchev–Trinajstić information content (AvgIpc) is 2.48. The Bertz CT molecular complexity index is 260. The molecule has 2 atom stereocenters. The molecule has 0 saturated carbocycles. The summed E-state index contributed by atoms with van der Waals surface area (Å²) in [6, 6.07) is 0.213. The van der Waals surface area contributed by atoms with E-state index in [4.69, 9.17) is 0 Å². The highest BCUT2D eigenvalue weighted by atomic mass is 16.7. The van der Waals surface area contributed by atoms with E-state index in [9.17, 15) is 4.79 Å². The van der Waals surface area contributed by atoms with Crippen LogP contribution in [0.4, 0.5) is 0 Å². The molecule has 0 aromatic rings. The standard InChI is InChI=1S/C9H14N2O2/c1-5(2)7-8-6(3-4-10-7)9(12)13-11-8/h5-7,10H,3-4H2,1-2H3.